The van der Waals surface area contributed by atoms with E-state index in [0.717, 1.165) is 27.0 Å². The Balaban J connectivity index is 0.000000505. The summed E-state index contributed by atoms with van der Waals surface area (Å²) in [6.07, 6.45) is 0.444. The number of anilines is 1. The number of aryl methyl sites for hydroxylation is 1. The standard InChI is InChI=1S/C15H15BrFNO.CH5N3O/c1-10-8-12(17)7-6-11(10)9-19-15-13(16)4-3-5-14(15)18-2;2-4-3-1-5/h3-8,18H,9H2,1-2H3;1,4H,2H2,(H,3,5). The predicted octanol–water partition coefficient (Wildman–Crippen LogP) is 2.63. The molecular formula is C16H20BrFN4O2. The number of ether oxygens (including phenoxy) is 1. The molecule has 2 rings (SSSR count). The van der Waals surface area contributed by atoms with Crippen molar-refractivity contribution >= 4 is 28.0 Å². The Hall–Kier alpha value is -2.16. The van der Waals surface area contributed by atoms with Crippen LogP contribution in [0.5, 0.6) is 5.75 Å². The van der Waals surface area contributed by atoms with Crippen LogP contribution in [0.4, 0.5) is 10.1 Å². The lowest BCUT2D eigenvalue weighted by atomic mass is 10.1. The van der Waals surface area contributed by atoms with Crippen molar-refractivity contribution in [2.45, 2.75) is 13.5 Å². The molecule has 6 nitrogen and oxygen atoms in total. The summed E-state index contributed by atoms with van der Waals surface area (Å²) in [6, 6.07) is 10.5. The van der Waals surface area contributed by atoms with Gasteiger partial charge in [0.25, 0.3) is 0 Å². The molecule has 24 heavy (non-hydrogen) atoms. The number of carbonyl (C=O) groups excluding carboxylic acids is 1. The molecule has 0 aliphatic rings. The molecule has 5 N–H and O–H groups in total. The molecule has 0 fully saturated rings. The highest BCUT2D eigenvalue weighted by atomic mass is 79.9. The SMILES string of the molecule is CNc1cccc(Br)c1OCc1ccc(F)cc1C.NNNC=O. The molecule has 2 aromatic carbocycles. The van der Waals surface area contributed by atoms with Crippen LogP contribution in [0.1, 0.15) is 11.1 Å². The molecule has 0 bridgehead atoms. The number of hydrogen-bond donors (Lipinski definition) is 4. The molecule has 0 spiro atoms. The van der Waals surface area contributed by atoms with Gasteiger partial charge < -0.3 is 10.1 Å². The van der Waals surface area contributed by atoms with E-state index in [1.165, 1.54) is 12.1 Å². The number of para-hydroxylation sites is 1. The minimum Gasteiger partial charge on any atom is -0.486 e. The Morgan fingerprint density at radius 2 is 2.08 bits per heavy atom. The first-order valence-corrected chi connectivity index (χ1v) is 7.81. The van der Waals surface area contributed by atoms with E-state index >= 15 is 0 Å². The van der Waals surface area contributed by atoms with Gasteiger partial charge in [0.1, 0.15) is 12.4 Å². The van der Waals surface area contributed by atoms with E-state index in [0.29, 0.717) is 13.0 Å². The summed E-state index contributed by atoms with van der Waals surface area (Å²) >= 11 is 3.47. The topological polar surface area (TPSA) is 88.4 Å². The highest BCUT2D eigenvalue weighted by molar-refractivity contribution is 9.10. The average Bonchev–Trinajstić information content (AvgIpc) is 2.56. The van der Waals surface area contributed by atoms with Gasteiger partial charge in [-0.3, -0.25) is 16.1 Å². The minimum atomic E-state index is -0.224. The van der Waals surface area contributed by atoms with Crippen LogP contribution in [0.15, 0.2) is 40.9 Å². The number of hydrogen-bond acceptors (Lipinski definition) is 5. The van der Waals surface area contributed by atoms with Crippen molar-refractivity contribution in [3.8, 4) is 5.75 Å². The van der Waals surface area contributed by atoms with E-state index in [2.05, 4.69) is 27.1 Å². The number of rotatable bonds is 6. The minimum absolute atomic E-state index is 0.224. The molecule has 0 aliphatic heterocycles. The first kappa shape index (κ1) is 19.9. The van der Waals surface area contributed by atoms with Crippen LogP contribution >= 0.6 is 15.9 Å². The lowest BCUT2D eigenvalue weighted by Gasteiger charge is -2.14. The van der Waals surface area contributed by atoms with E-state index in [-0.39, 0.29) is 5.82 Å². The molecule has 0 radical (unpaired) electrons. The lowest BCUT2D eigenvalue weighted by Crippen LogP contribution is -2.36. The van der Waals surface area contributed by atoms with Gasteiger partial charge >= 0.3 is 0 Å². The Kier molecular flexibility index (Phi) is 8.77. The van der Waals surface area contributed by atoms with Crippen molar-refractivity contribution in [2.75, 3.05) is 12.4 Å². The van der Waals surface area contributed by atoms with Crippen molar-refractivity contribution in [3.63, 3.8) is 0 Å². The van der Waals surface area contributed by atoms with E-state index in [9.17, 15) is 4.39 Å². The predicted molar refractivity (Wildman–Crippen MR) is 95.7 cm³/mol. The van der Waals surface area contributed by atoms with Crippen LogP contribution in [0.25, 0.3) is 0 Å². The maximum absolute atomic E-state index is 13.0. The summed E-state index contributed by atoms with van der Waals surface area (Å²) in [6.45, 7) is 2.28. The molecule has 2 aromatic rings. The Labute approximate surface area is 148 Å². The summed E-state index contributed by atoms with van der Waals surface area (Å²) in [5.41, 5.74) is 6.63. The van der Waals surface area contributed by atoms with Crippen LogP contribution in [0.2, 0.25) is 0 Å². The molecule has 1 amide bonds. The van der Waals surface area contributed by atoms with Gasteiger partial charge in [0.2, 0.25) is 6.41 Å². The molecule has 0 heterocycles. The number of nitrogens with one attached hydrogen (secondary N) is 3. The summed E-state index contributed by atoms with van der Waals surface area (Å²) in [4.78, 5) is 9.15. The lowest BCUT2D eigenvalue weighted by molar-refractivity contribution is -0.110. The molecule has 0 unspecified atom stereocenters. The van der Waals surface area contributed by atoms with Crippen molar-refractivity contribution in [1.82, 2.24) is 11.0 Å². The number of halogens is 2. The maximum atomic E-state index is 13.0. The quantitative estimate of drug-likeness (QED) is 0.341. The van der Waals surface area contributed by atoms with Gasteiger partial charge in [0.15, 0.2) is 5.75 Å². The van der Waals surface area contributed by atoms with Gasteiger partial charge in [-0.2, -0.15) is 5.53 Å². The molecule has 0 saturated heterocycles. The summed E-state index contributed by atoms with van der Waals surface area (Å²) in [5, 5.41) is 3.08. The molecule has 130 valence electrons. The number of nitrogens with two attached hydrogens (primary N) is 1. The zero-order valence-electron chi connectivity index (χ0n) is 13.4. The van der Waals surface area contributed by atoms with Crippen LogP contribution in [0, 0.1) is 12.7 Å². The largest absolute Gasteiger partial charge is 0.486 e. The van der Waals surface area contributed by atoms with E-state index < -0.39 is 0 Å². The number of amides is 1. The molecule has 0 aliphatic carbocycles. The van der Waals surface area contributed by atoms with E-state index in [4.69, 9.17) is 9.53 Å². The second-order valence-electron chi connectivity index (χ2n) is 4.63. The number of carbonyl (C=O) groups is 1. The monoisotopic (exact) mass is 398 g/mol. The van der Waals surface area contributed by atoms with Crippen molar-refractivity contribution in [3.05, 3.63) is 57.8 Å². The van der Waals surface area contributed by atoms with Gasteiger partial charge in [-0.1, -0.05) is 12.1 Å². The smallest absolute Gasteiger partial charge is 0.222 e. The summed E-state index contributed by atoms with van der Waals surface area (Å²) < 4.78 is 19.8. The van der Waals surface area contributed by atoms with Gasteiger partial charge in [0, 0.05) is 7.05 Å². The Morgan fingerprint density at radius 1 is 1.33 bits per heavy atom. The zero-order valence-corrected chi connectivity index (χ0v) is 15.0. The molecule has 0 atom stereocenters. The highest BCUT2D eigenvalue weighted by Gasteiger charge is 2.08. The number of hydrazine groups is 2. The van der Waals surface area contributed by atoms with Gasteiger partial charge in [-0.15, -0.1) is 0 Å². The fourth-order valence-corrected chi connectivity index (χ4v) is 2.34. The summed E-state index contributed by atoms with van der Waals surface area (Å²) in [7, 11) is 1.85. The van der Waals surface area contributed by atoms with Crippen molar-refractivity contribution in [2.24, 2.45) is 5.84 Å². The molecule has 0 aromatic heterocycles. The van der Waals surface area contributed by atoms with Crippen molar-refractivity contribution in [1.29, 1.82) is 0 Å². The first-order chi connectivity index (χ1) is 11.5. The second kappa shape index (κ2) is 10.6. The molecular weight excluding hydrogens is 379 g/mol. The molecule has 0 saturated carbocycles. The third-order valence-corrected chi connectivity index (χ3v) is 3.68. The highest BCUT2D eigenvalue weighted by Crippen LogP contribution is 2.33. The van der Waals surface area contributed by atoms with Crippen molar-refractivity contribution < 1.29 is 13.9 Å². The Bertz CT molecular complexity index is 671. The fraction of sp³-hybridized carbons (Fsp3) is 0.188. The first-order valence-electron chi connectivity index (χ1n) is 7.02. The molecule has 8 heteroatoms. The van der Waals surface area contributed by atoms with Crippen LogP contribution in [0.3, 0.4) is 0 Å². The third kappa shape index (κ3) is 6.15. The average molecular weight is 399 g/mol. The van der Waals surface area contributed by atoms with Crippen LogP contribution in [-0.2, 0) is 11.4 Å². The van der Waals surface area contributed by atoms with Gasteiger partial charge in [-0.05, 0) is 58.2 Å². The summed E-state index contributed by atoms with van der Waals surface area (Å²) in [5.74, 6) is 5.08. The van der Waals surface area contributed by atoms with E-state index in [1.807, 2.05) is 43.1 Å². The van der Waals surface area contributed by atoms with Crippen LogP contribution in [-0.4, -0.2) is 13.5 Å². The van der Waals surface area contributed by atoms with Gasteiger partial charge in [-0.25, -0.2) is 4.39 Å². The zero-order chi connectivity index (χ0) is 17.9. The van der Waals surface area contributed by atoms with Crippen LogP contribution < -0.4 is 26.9 Å². The second-order valence-corrected chi connectivity index (χ2v) is 5.49. The Morgan fingerprint density at radius 3 is 2.62 bits per heavy atom. The normalized spacial score (nSPS) is 9.54. The third-order valence-electron chi connectivity index (χ3n) is 3.06. The number of benzene rings is 2. The van der Waals surface area contributed by atoms with E-state index in [1.54, 1.807) is 6.07 Å². The maximum Gasteiger partial charge on any atom is 0.222 e. The van der Waals surface area contributed by atoms with Gasteiger partial charge in [0.05, 0.1) is 10.2 Å². The fourth-order valence-electron chi connectivity index (χ4n) is 1.86.